The molecule has 3 heteroatoms. The van der Waals surface area contributed by atoms with Crippen molar-refractivity contribution >= 4 is 45.2 Å². The molecule has 2 aromatic carbocycles. The van der Waals surface area contributed by atoms with Crippen LogP contribution in [-0.2, 0) is 0 Å². The SMILES string of the molecule is c1ccc([Se]S[Se]c2ccccc2)cc1. The summed E-state index contributed by atoms with van der Waals surface area (Å²) >= 11 is 1.13. The minimum absolute atomic E-state index is 0.567. The normalized spacial score (nSPS) is 10.1. The van der Waals surface area contributed by atoms with Gasteiger partial charge in [0.25, 0.3) is 0 Å². The van der Waals surface area contributed by atoms with Gasteiger partial charge in [0.15, 0.2) is 0 Å². The van der Waals surface area contributed by atoms with Gasteiger partial charge in [-0.25, -0.2) is 0 Å². The third-order valence-electron chi connectivity index (χ3n) is 1.75. The van der Waals surface area contributed by atoms with Crippen LogP contribution >= 0.6 is 8.60 Å². The Bertz CT molecular complexity index is 349. The zero-order valence-electron chi connectivity index (χ0n) is 8.00. The van der Waals surface area contributed by atoms with Crippen LogP contribution in [0, 0.1) is 0 Å². The fourth-order valence-corrected chi connectivity index (χ4v) is 11.0. The van der Waals surface area contributed by atoms with Crippen molar-refractivity contribution < 1.29 is 0 Å². The zero-order valence-corrected chi connectivity index (χ0v) is 12.2. The van der Waals surface area contributed by atoms with Crippen LogP contribution in [0.5, 0.6) is 0 Å². The summed E-state index contributed by atoms with van der Waals surface area (Å²) < 4.78 is 2.96. The van der Waals surface area contributed by atoms with Crippen molar-refractivity contribution in [2.45, 2.75) is 0 Å². The molecule has 0 bridgehead atoms. The standard InChI is InChI=1S/C12H10SSe2/c1-3-7-11(8-4-1)14-13-15-12-9-5-2-6-10-12/h1-10H. The van der Waals surface area contributed by atoms with E-state index in [0.29, 0.717) is 27.7 Å². The van der Waals surface area contributed by atoms with Gasteiger partial charge in [0.1, 0.15) is 0 Å². The Labute approximate surface area is 105 Å². The molecule has 0 aliphatic carbocycles. The van der Waals surface area contributed by atoms with Crippen molar-refractivity contribution in [1.29, 1.82) is 0 Å². The van der Waals surface area contributed by atoms with Crippen LogP contribution in [0.3, 0.4) is 0 Å². The van der Waals surface area contributed by atoms with Gasteiger partial charge < -0.3 is 0 Å². The second-order valence-corrected chi connectivity index (χ2v) is 12.7. The average molecular weight is 344 g/mol. The number of benzene rings is 2. The van der Waals surface area contributed by atoms with Crippen molar-refractivity contribution in [2.75, 3.05) is 0 Å². The van der Waals surface area contributed by atoms with E-state index in [1.807, 2.05) is 0 Å². The molecule has 0 aliphatic heterocycles. The van der Waals surface area contributed by atoms with Crippen molar-refractivity contribution in [3.05, 3.63) is 60.7 Å². The average Bonchev–Trinajstić information content (AvgIpc) is 2.32. The topological polar surface area (TPSA) is 0 Å². The van der Waals surface area contributed by atoms with Gasteiger partial charge in [-0.05, 0) is 0 Å². The molecule has 0 radical (unpaired) electrons. The molecule has 15 heavy (non-hydrogen) atoms. The molecular weight excluding hydrogens is 334 g/mol. The van der Waals surface area contributed by atoms with Gasteiger partial charge in [0, 0.05) is 0 Å². The second-order valence-electron chi connectivity index (χ2n) is 2.86. The molecule has 0 atom stereocenters. The van der Waals surface area contributed by atoms with E-state index in [1.54, 1.807) is 0 Å². The molecule has 2 rings (SSSR count). The summed E-state index contributed by atoms with van der Waals surface area (Å²) in [6.07, 6.45) is 0. The van der Waals surface area contributed by atoms with E-state index < -0.39 is 0 Å². The Balaban J connectivity index is 1.81. The summed E-state index contributed by atoms with van der Waals surface area (Å²) in [7, 11) is 2.08. The summed E-state index contributed by atoms with van der Waals surface area (Å²) in [5, 5.41) is 0. The summed E-state index contributed by atoms with van der Waals surface area (Å²) in [4.78, 5) is 0. The van der Waals surface area contributed by atoms with E-state index in [4.69, 9.17) is 0 Å². The molecule has 0 fully saturated rings. The molecule has 0 saturated heterocycles. The quantitative estimate of drug-likeness (QED) is 0.760. The van der Waals surface area contributed by atoms with Crippen LogP contribution in [-0.4, -0.2) is 27.7 Å². The van der Waals surface area contributed by atoms with Crippen LogP contribution in [0.2, 0.25) is 0 Å². The summed E-state index contributed by atoms with van der Waals surface area (Å²) in [5.41, 5.74) is 0. The van der Waals surface area contributed by atoms with E-state index in [1.165, 1.54) is 8.92 Å². The second kappa shape index (κ2) is 6.42. The van der Waals surface area contributed by atoms with Gasteiger partial charge in [-0.15, -0.1) is 0 Å². The molecule has 0 N–H and O–H groups in total. The van der Waals surface area contributed by atoms with Crippen LogP contribution in [0.1, 0.15) is 0 Å². The molecule has 0 unspecified atom stereocenters. The minimum atomic E-state index is 0.567. The van der Waals surface area contributed by atoms with E-state index in [9.17, 15) is 0 Å². The van der Waals surface area contributed by atoms with E-state index in [-0.39, 0.29) is 0 Å². The van der Waals surface area contributed by atoms with Crippen molar-refractivity contribution in [1.82, 2.24) is 0 Å². The van der Waals surface area contributed by atoms with E-state index in [0.717, 1.165) is 0 Å². The Hall–Kier alpha value is -0.171. The fourth-order valence-electron chi connectivity index (χ4n) is 1.05. The number of hydrogen-bond donors (Lipinski definition) is 0. The van der Waals surface area contributed by atoms with E-state index in [2.05, 4.69) is 69.3 Å². The molecule has 2 aromatic rings. The maximum atomic E-state index is 2.22. The van der Waals surface area contributed by atoms with Crippen molar-refractivity contribution in [2.24, 2.45) is 0 Å². The molecule has 0 saturated carbocycles. The molecule has 0 amide bonds. The first-order valence-corrected chi connectivity index (χ1v) is 11.1. The Kier molecular flexibility index (Phi) is 4.84. The predicted molar refractivity (Wildman–Crippen MR) is 71.3 cm³/mol. The number of rotatable bonds is 4. The monoisotopic (exact) mass is 346 g/mol. The van der Waals surface area contributed by atoms with Gasteiger partial charge in [0.05, 0.1) is 0 Å². The predicted octanol–water partition coefficient (Wildman–Crippen LogP) is 1.61. The molecule has 0 spiro atoms. The van der Waals surface area contributed by atoms with E-state index >= 15 is 0 Å². The van der Waals surface area contributed by atoms with Crippen molar-refractivity contribution in [3.8, 4) is 0 Å². The molecule has 76 valence electrons. The van der Waals surface area contributed by atoms with Gasteiger partial charge in [0.2, 0.25) is 0 Å². The van der Waals surface area contributed by atoms with Crippen LogP contribution < -0.4 is 8.92 Å². The third kappa shape index (κ3) is 4.06. The van der Waals surface area contributed by atoms with Gasteiger partial charge in [-0.3, -0.25) is 0 Å². The summed E-state index contributed by atoms with van der Waals surface area (Å²) in [6.45, 7) is 0. The first kappa shape index (κ1) is 11.3. The van der Waals surface area contributed by atoms with Crippen LogP contribution in [0.25, 0.3) is 0 Å². The van der Waals surface area contributed by atoms with Crippen LogP contribution in [0.4, 0.5) is 0 Å². The first-order valence-electron chi connectivity index (χ1n) is 4.56. The number of hydrogen-bond acceptors (Lipinski definition) is 1. The van der Waals surface area contributed by atoms with Gasteiger partial charge in [-0.2, -0.15) is 0 Å². The fraction of sp³-hybridized carbons (Fsp3) is 0. The van der Waals surface area contributed by atoms with Gasteiger partial charge >= 0.3 is 106 Å². The molecule has 0 heterocycles. The first-order chi connectivity index (χ1) is 7.45. The van der Waals surface area contributed by atoms with Crippen molar-refractivity contribution in [3.63, 3.8) is 0 Å². The summed E-state index contributed by atoms with van der Waals surface area (Å²) in [5.74, 6) is 0. The molecule has 0 nitrogen and oxygen atoms in total. The molecule has 0 aliphatic rings. The van der Waals surface area contributed by atoms with Crippen LogP contribution in [0.15, 0.2) is 60.7 Å². The Morgan fingerprint density at radius 1 is 0.600 bits per heavy atom. The third-order valence-corrected chi connectivity index (χ3v) is 11.1. The molecule has 0 aromatic heterocycles. The summed E-state index contributed by atoms with van der Waals surface area (Å²) in [6, 6.07) is 21.5. The Morgan fingerprint density at radius 2 is 1.00 bits per heavy atom. The molecular formula is C12H10SSe2. The maximum absolute atomic E-state index is 2.22. The van der Waals surface area contributed by atoms with Gasteiger partial charge in [-0.1, -0.05) is 0 Å². The Morgan fingerprint density at radius 3 is 1.40 bits per heavy atom. The zero-order chi connectivity index (χ0) is 10.3.